The second-order valence-electron chi connectivity index (χ2n) is 6.44. The fraction of sp³-hybridized carbons (Fsp3) is 0.350. The van der Waals surface area contributed by atoms with E-state index < -0.39 is 28.9 Å². The minimum absolute atomic E-state index is 0.0979. The zero-order chi connectivity index (χ0) is 18.7. The summed E-state index contributed by atoms with van der Waals surface area (Å²) in [5, 5.41) is 0. The van der Waals surface area contributed by atoms with Gasteiger partial charge in [-0.1, -0.05) is 18.6 Å². The molecule has 26 heavy (non-hydrogen) atoms. The maximum atomic E-state index is 14.0. The molecule has 1 heterocycles. The van der Waals surface area contributed by atoms with Gasteiger partial charge in [0.1, 0.15) is 5.75 Å². The highest BCUT2D eigenvalue weighted by Crippen LogP contribution is 2.29. The molecule has 1 atom stereocenters. The third-order valence-corrected chi connectivity index (χ3v) is 4.81. The first kappa shape index (κ1) is 18.3. The summed E-state index contributed by atoms with van der Waals surface area (Å²) in [4.78, 5) is 14.2. The van der Waals surface area contributed by atoms with E-state index in [1.165, 1.54) is 4.90 Å². The van der Waals surface area contributed by atoms with E-state index in [-0.39, 0.29) is 5.92 Å². The molecule has 2 aromatic carbocycles. The largest absolute Gasteiger partial charge is 0.497 e. The Labute approximate surface area is 150 Å². The van der Waals surface area contributed by atoms with Crippen LogP contribution in [0, 0.1) is 17.5 Å². The molecule has 3 nitrogen and oxygen atoms in total. The van der Waals surface area contributed by atoms with Crippen molar-refractivity contribution in [1.29, 1.82) is 0 Å². The van der Waals surface area contributed by atoms with E-state index in [1.807, 2.05) is 24.3 Å². The molecule has 138 valence electrons. The molecule has 0 unspecified atom stereocenters. The van der Waals surface area contributed by atoms with Crippen LogP contribution in [-0.4, -0.2) is 31.0 Å². The lowest BCUT2D eigenvalue weighted by Gasteiger charge is -2.25. The number of nitrogens with zero attached hydrogens (tertiary/aromatic N) is 1. The maximum absolute atomic E-state index is 14.0. The summed E-state index contributed by atoms with van der Waals surface area (Å²) in [6.07, 6.45) is 2.61. The molecular weight excluding hydrogens is 343 g/mol. The zero-order valence-electron chi connectivity index (χ0n) is 14.5. The van der Waals surface area contributed by atoms with E-state index in [2.05, 4.69) is 0 Å². The lowest BCUT2D eigenvalue weighted by molar-refractivity contribution is 0.0748. The molecule has 1 aliphatic heterocycles. The predicted octanol–water partition coefficient (Wildman–Crippen LogP) is 4.52. The van der Waals surface area contributed by atoms with Crippen LogP contribution in [0.3, 0.4) is 0 Å². The first-order valence-corrected chi connectivity index (χ1v) is 8.58. The number of carbonyl (C=O) groups is 1. The van der Waals surface area contributed by atoms with Crippen LogP contribution in [0.1, 0.15) is 41.1 Å². The summed E-state index contributed by atoms with van der Waals surface area (Å²) in [6, 6.07) is 9.42. The summed E-state index contributed by atoms with van der Waals surface area (Å²) in [5.41, 5.74) is 0.635. The molecule has 1 fully saturated rings. The van der Waals surface area contributed by atoms with E-state index in [9.17, 15) is 18.0 Å². The third kappa shape index (κ3) is 3.69. The van der Waals surface area contributed by atoms with Crippen LogP contribution < -0.4 is 4.74 Å². The van der Waals surface area contributed by atoms with Crippen molar-refractivity contribution in [3.63, 3.8) is 0 Å². The Kier molecular flexibility index (Phi) is 5.49. The Balaban J connectivity index is 1.82. The molecule has 0 spiro atoms. The van der Waals surface area contributed by atoms with Gasteiger partial charge in [-0.15, -0.1) is 0 Å². The number of carbonyl (C=O) groups excluding carboxylic acids is 1. The monoisotopic (exact) mass is 363 g/mol. The molecule has 6 heteroatoms. The van der Waals surface area contributed by atoms with Crippen LogP contribution >= 0.6 is 0 Å². The molecule has 3 rings (SSSR count). The van der Waals surface area contributed by atoms with Gasteiger partial charge in [0.05, 0.1) is 12.7 Å². The fourth-order valence-electron chi connectivity index (χ4n) is 3.34. The molecule has 0 aromatic heterocycles. The van der Waals surface area contributed by atoms with Gasteiger partial charge in [-0.3, -0.25) is 4.79 Å². The average Bonchev–Trinajstić information content (AvgIpc) is 2.92. The number of likely N-dealkylation sites (tertiary alicyclic amines) is 1. The van der Waals surface area contributed by atoms with Crippen LogP contribution in [0.4, 0.5) is 13.2 Å². The zero-order valence-corrected chi connectivity index (χ0v) is 14.5. The fourth-order valence-corrected chi connectivity index (χ4v) is 3.34. The van der Waals surface area contributed by atoms with E-state index in [0.29, 0.717) is 13.1 Å². The van der Waals surface area contributed by atoms with Gasteiger partial charge >= 0.3 is 0 Å². The lowest BCUT2D eigenvalue weighted by Crippen LogP contribution is -2.34. The average molecular weight is 363 g/mol. The minimum atomic E-state index is -1.61. The molecular formula is C20H20F3NO2. The standard InChI is InChI=1S/C20H20F3NO2/c1-26-15-7-5-13(6-8-15)14-4-2-3-11-24(12-14)20(25)16-9-10-17(21)19(23)18(16)22/h5-10,14H,2-4,11-12H2,1H3/t14-/m0/s1. The van der Waals surface area contributed by atoms with Gasteiger partial charge in [-0.05, 0) is 42.7 Å². The van der Waals surface area contributed by atoms with Crippen LogP contribution in [0.2, 0.25) is 0 Å². The number of halogens is 3. The number of ether oxygens (including phenoxy) is 1. The van der Waals surface area contributed by atoms with Gasteiger partial charge in [0.2, 0.25) is 0 Å². The van der Waals surface area contributed by atoms with Gasteiger partial charge in [-0.2, -0.15) is 0 Å². The van der Waals surface area contributed by atoms with Crippen molar-refractivity contribution < 1.29 is 22.7 Å². The van der Waals surface area contributed by atoms with Gasteiger partial charge < -0.3 is 9.64 Å². The van der Waals surface area contributed by atoms with Crippen molar-refractivity contribution >= 4 is 5.91 Å². The quantitative estimate of drug-likeness (QED) is 0.751. The number of amides is 1. The van der Waals surface area contributed by atoms with Crippen molar-refractivity contribution in [2.75, 3.05) is 20.2 Å². The van der Waals surface area contributed by atoms with Crippen LogP contribution in [0.5, 0.6) is 5.75 Å². The molecule has 0 N–H and O–H groups in total. The highest BCUT2D eigenvalue weighted by Gasteiger charge is 2.27. The summed E-state index contributed by atoms with van der Waals surface area (Å²) < 4.78 is 45.8. The Morgan fingerprint density at radius 3 is 2.46 bits per heavy atom. The Bertz CT molecular complexity index is 792. The highest BCUT2D eigenvalue weighted by molar-refractivity contribution is 5.94. The summed E-state index contributed by atoms with van der Waals surface area (Å²) in [6.45, 7) is 0.869. The Hall–Kier alpha value is -2.50. The maximum Gasteiger partial charge on any atom is 0.256 e. The van der Waals surface area contributed by atoms with Crippen LogP contribution in [0.25, 0.3) is 0 Å². The smallest absolute Gasteiger partial charge is 0.256 e. The van der Waals surface area contributed by atoms with Crippen molar-refractivity contribution in [2.45, 2.75) is 25.2 Å². The van der Waals surface area contributed by atoms with Crippen molar-refractivity contribution in [1.82, 2.24) is 4.90 Å². The SMILES string of the molecule is COc1ccc([C@H]2CCCCN(C(=O)c3ccc(F)c(F)c3F)C2)cc1. The van der Waals surface area contributed by atoms with Gasteiger partial charge in [-0.25, -0.2) is 13.2 Å². The van der Waals surface area contributed by atoms with Crippen molar-refractivity contribution in [2.24, 2.45) is 0 Å². The normalized spacial score (nSPS) is 17.7. The molecule has 0 saturated carbocycles. The van der Waals surface area contributed by atoms with Crippen molar-refractivity contribution in [3.05, 3.63) is 65.0 Å². The molecule has 0 aliphatic carbocycles. The van der Waals surface area contributed by atoms with Gasteiger partial charge in [0, 0.05) is 19.0 Å². The first-order valence-electron chi connectivity index (χ1n) is 8.58. The molecule has 1 aliphatic rings. The van der Waals surface area contributed by atoms with Crippen molar-refractivity contribution in [3.8, 4) is 5.75 Å². The first-order chi connectivity index (χ1) is 12.5. The Morgan fingerprint density at radius 1 is 1.04 bits per heavy atom. The minimum Gasteiger partial charge on any atom is -0.497 e. The summed E-state index contributed by atoms with van der Waals surface area (Å²) >= 11 is 0. The van der Waals surface area contributed by atoms with Crippen LogP contribution in [0.15, 0.2) is 36.4 Å². The number of hydrogen-bond donors (Lipinski definition) is 0. The second kappa shape index (κ2) is 7.81. The highest BCUT2D eigenvalue weighted by atomic mass is 19.2. The number of rotatable bonds is 3. The van der Waals surface area contributed by atoms with Gasteiger partial charge in [0.15, 0.2) is 17.5 Å². The van der Waals surface area contributed by atoms with E-state index in [4.69, 9.17) is 4.74 Å². The van der Waals surface area contributed by atoms with E-state index in [1.54, 1.807) is 7.11 Å². The number of benzene rings is 2. The number of methoxy groups -OCH3 is 1. The molecule has 0 radical (unpaired) electrons. The Morgan fingerprint density at radius 2 is 1.77 bits per heavy atom. The van der Waals surface area contributed by atoms with E-state index in [0.717, 1.165) is 42.7 Å². The lowest BCUT2D eigenvalue weighted by atomic mass is 9.94. The molecule has 0 bridgehead atoms. The second-order valence-corrected chi connectivity index (χ2v) is 6.44. The van der Waals surface area contributed by atoms with Gasteiger partial charge in [0.25, 0.3) is 5.91 Å². The topological polar surface area (TPSA) is 29.5 Å². The van der Waals surface area contributed by atoms with Crippen LogP contribution in [-0.2, 0) is 0 Å². The predicted molar refractivity (Wildman–Crippen MR) is 91.8 cm³/mol. The molecule has 1 saturated heterocycles. The third-order valence-electron chi connectivity index (χ3n) is 4.81. The summed E-state index contributed by atoms with van der Waals surface area (Å²) in [7, 11) is 1.59. The molecule has 2 aromatic rings. The number of hydrogen-bond acceptors (Lipinski definition) is 2. The summed E-state index contributed by atoms with van der Waals surface area (Å²) in [5.74, 6) is -4.11. The molecule has 1 amide bonds. The van der Waals surface area contributed by atoms with E-state index >= 15 is 0 Å².